The van der Waals surface area contributed by atoms with Gasteiger partial charge < -0.3 is 9.84 Å². The molecule has 0 aliphatic carbocycles. The predicted octanol–water partition coefficient (Wildman–Crippen LogP) is 3.93. The molecule has 0 heterocycles. The fourth-order valence-electron chi connectivity index (χ4n) is 1.89. The number of aliphatic hydroxyl groups is 1. The highest BCUT2D eigenvalue weighted by atomic mass is 19.4. The molecule has 0 radical (unpaired) electrons. The average molecular weight is 300 g/mol. The maximum atomic E-state index is 13.3. The molecular formula is C15H12F4O2. The van der Waals surface area contributed by atoms with Crippen LogP contribution < -0.4 is 4.74 Å². The van der Waals surface area contributed by atoms with E-state index in [2.05, 4.69) is 0 Å². The number of rotatable bonds is 3. The summed E-state index contributed by atoms with van der Waals surface area (Å²) in [5.74, 6) is -0.626. The number of hydrogen-bond acceptors (Lipinski definition) is 2. The minimum absolute atomic E-state index is 0.0431. The van der Waals surface area contributed by atoms with Gasteiger partial charge in [0, 0.05) is 0 Å². The van der Waals surface area contributed by atoms with E-state index in [1.165, 1.54) is 31.4 Å². The van der Waals surface area contributed by atoms with E-state index in [1.807, 2.05) is 0 Å². The van der Waals surface area contributed by atoms with Crippen LogP contribution in [0.3, 0.4) is 0 Å². The monoisotopic (exact) mass is 300 g/mol. The molecule has 0 aromatic heterocycles. The molecule has 6 heteroatoms. The zero-order valence-electron chi connectivity index (χ0n) is 11.0. The standard InChI is InChI=1S/C15H12F4O2/c1-21-13-8-10(4-7-12(13)16)14(20)9-2-5-11(6-3-9)15(17,18)19/h2-8,14,20H,1H3. The second-order valence-electron chi connectivity index (χ2n) is 4.42. The average Bonchev–Trinajstić information content (AvgIpc) is 2.46. The van der Waals surface area contributed by atoms with Crippen LogP contribution in [0.2, 0.25) is 0 Å². The van der Waals surface area contributed by atoms with E-state index in [4.69, 9.17) is 4.74 Å². The first-order chi connectivity index (χ1) is 9.82. The first-order valence-corrected chi connectivity index (χ1v) is 6.01. The number of hydrogen-bond donors (Lipinski definition) is 1. The van der Waals surface area contributed by atoms with Gasteiger partial charge in [0.2, 0.25) is 0 Å². The number of methoxy groups -OCH3 is 1. The molecule has 2 aromatic carbocycles. The van der Waals surface area contributed by atoms with Gasteiger partial charge in [0.15, 0.2) is 11.6 Å². The summed E-state index contributed by atoms with van der Waals surface area (Å²) >= 11 is 0. The Morgan fingerprint density at radius 3 is 2.10 bits per heavy atom. The summed E-state index contributed by atoms with van der Waals surface area (Å²) in [6.07, 6.45) is -5.59. The first-order valence-electron chi connectivity index (χ1n) is 6.01. The molecule has 2 nitrogen and oxygen atoms in total. The van der Waals surface area contributed by atoms with Crippen molar-refractivity contribution in [2.45, 2.75) is 12.3 Å². The van der Waals surface area contributed by atoms with Crippen molar-refractivity contribution >= 4 is 0 Å². The van der Waals surface area contributed by atoms with Crippen molar-refractivity contribution in [1.29, 1.82) is 0 Å². The Morgan fingerprint density at radius 1 is 1.00 bits per heavy atom. The van der Waals surface area contributed by atoms with Crippen molar-refractivity contribution in [3.63, 3.8) is 0 Å². The smallest absolute Gasteiger partial charge is 0.416 e. The highest BCUT2D eigenvalue weighted by Gasteiger charge is 2.30. The van der Waals surface area contributed by atoms with Crippen molar-refractivity contribution in [2.24, 2.45) is 0 Å². The first kappa shape index (κ1) is 15.3. The summed E-state index contributed by atoms with van der Waals surface area (Å²) in [5, 5.41) is 10.1. The lowest BCUT2D eigenvalue weighted by molar-refractivity contribution is -0.137. The van der Waals surface area contributed by atoms with Gasteiger partial charge in [0.1, 0.15) is 6.10 Å². The quantitative estimate of drug-likeness (QED) is 0.870. The zero-order valence-corrected chi connectivity index (χ0v) is 11.0. The molecule has 0 bridgehead atoms. The molecule has 1 N–H and O–H groups in total. The van der Waals surface area contributed by atoms with E-state index in [0.29, 0.717) is 5.56 Å². The van der Waals surface area contributed by atoms with Gasteiger partial charge in [-0.15, -0.1) is 0 Å². The predicted molar refractivity (Wildman–Crippen MR) is 68.5 cm³/mol. The van der Waals surface area contributed by atoms with Crippen LogP contribution in [-0.4, -0.2) is 12.2 Å². The maximum absolute atomic E-state index is 13.3. The van der Waals surface area contributed by atoms with Crippen LogP contribution >= 0.6 is 0 Å². The molecule has 0 saturated heterocycles. The van der Waals surface area contributed by atoms with Gasteiger partial charge >= 0.3 is 6.18 Å². The highest BCUT2D eigenvalue weighted by molar-refractivity contribution is 5.37. The third kappa shape index (κ3) is 3.33. The largest absolute Gasteiger partial charge is 0.494 e. The second kappa shape index (κ2) is 5.73. The van der Waals surface area contributed by atoms with Gasteiger partial charge in [-0.05, 0) is 35.4 Å². The Balaban J connectivity index is 2.29. The van der Waals surface area contributed by atoms with Crippen LogP contribution in [0.4, 0.5) is 17.6 Å². The molecule has 0 aliphatic rings. The summed E-state index contributed by atoms with van der Waals surface area (Å²) in [5.41, 5.74) is -0.195. The van der Waals surface area contributed by atoms with Crippen LogP contribution in [-0.2, 0) is 6.18 Å². The SMILES string of the molecule is COc1cc(C(O)c2ccc(C(F)(F)F)cc2)ccc1F. The minimum atomic E-state index is -4.43. The molecule has 2 aromatic rings. The van der Waals surface area contributed by atoms with Crippen LogP contribution in [0, 0.1) is 5.82 Å². The minimum Gasteiger partial charge on any atom is -0.494 e. The lowest BCUT2D eigenvalue weighted by Gasteiger charge is -2.14. The van der Waals surface area contributed by atoms with Crippen molar-refractivity contribution in [1.82, 2.24) is 0 Å². The summed E-state index contributed by atoms with van der Waals surface area (Å²) < 4.78 is 55.5. The number of benzene rings is 2. The van der Waals surface area contributed by atoms with Crippen LogP contribution in [0.5, 0.6) is 5.75 Å². The Morgan fingerprint density at radius 2 is 1.57 bits per heavy atom. The zero-order chi connectivity index (χ0) is 15.6. The van der Waals surface area contributed by atoms with Crippen molar-refractivity contribution in [3.8, 4) is 5.75 Å². The van der Waals surface area contributed by atoms with Crippen molar-refractivity contribution in [3.05, 3.63) is 65.0 Å². The summed E-state index contributed by atoms with van der Waals surface area (Å²) in [4.78, 5) is 0. The molecule has 0 fully saturated rings. The molecule has 1 unspecified atom stereocenters. The Labute approximate surface area is 118 Å². The Bertz CT molecular complexity index is 621. The Hall–Kier alpha value is -2.08. The third-order valence-corrected chi connectivity index (χ3v) is 3.04. The molecular weight excluding hydrogens is 288 g/mol. The van der Waals surface area contributed by atoms with Gasteiger partial charge in [-0.3, -0.25) is 0 Å². The number of aliphatic hydroxyl groups excluding tert-OH is 1. The molecule has 0 amide bonds. The topological polar surface area (TPSA) is 29.5 Å². The van der Waals surface area contributed by atoms with Crippen molar-refractivity contribution in [2.75, 3.05) is 7.11 Å². The second-order valence-corrected chi connectivity index (χ2v) is 4.42. The Kier molecular flexibility index (Phi) is 4.18. The van der Waals surface area contributed by atoms with Crippen molar-refractivity contribution < 1.29 is 27.4 Å². The van der Waals surface area contributed by atoms with Gasteiger partial charge in [0.25, 0.3) is 0 Å². The maximum Gasteiger partial charge on any atom is 0.416 e. The lowest BCUT2D eigenvalue weighted by Crippen LogP contribution is -2.06. The van der Waals surface area contributed by atoms with Gasteiger partial charge in [-0.2, -0.15) is 13.2 Å². The molecule has 0 aliphatic heterocycles. The van der Waals surface area contributed by atoms with E-state index in [0.717, 1.165) is 18.2 Å². The molecule has 0 spiro atoms. The lowest BCUT2D eigenvalue weighted by atomic mass is 10.00. The van der Waals surface area contributed by atoms with E-state index in [-0.39, 0.29) is 11.3 Å². The molecule has 1 atom stereocenters. The fourth-order valence-corrected chi connectivity index (χ4v) is 1.89. The van der Waals surface area contributed by atoms with E-state index < -0.39 is 23.7 Å². The highest BCUT2D eigenvalue weighted by Crippen LogP contribution is 2.32. The summed E-state index contributed by atoms with van der Waals surface area (Å²) in [7, 11) is 1.28. The molecule has 112 valence electrons. The van der Waals surface area contributed by atoms with E-state index in [1.54, 1.807) is 0 Å². The molecule has 21 heavy (non-hydrogen) atoms. The number of ether oxygens (including phenoxy) is 1. The van der Waals surface area contributed by atoms with E-state index in [9.17, 15) is 22.7 Å². The fraction of sp³-hybridized carbons (Fsp3) is 0.200. The molecule has 2 rings (SSSR count). The summed E-state index contributed by atoms with van der Waals surface area (Å²) in [6.45, 7) is 0. The van der Waals surface area contributed by atoms with Gasteiger partial charge in [0.05, 0.1) is 12.7 Å². The van der Waals surface area contributed by atoms with E-state index >= 15 is 0 Å². The number of alkyl halides is 3. The van der Waals surface area contributed by atoms with Crippen LogP contribution in [0.25, 0.3) is 0 Å². The van der Waals surface area contributed by atoms with Crippen LogP contribution in [0.1, 0.15) is 22.8 Å². The van der Waals surface area contributed by atoms with Gasteiger partial charge in [-0.1, -0.05) is 18.2 Å². The normalized spacial score (nSPS) is 13.0. The van der Waals surface area contributed by atoms with Gasteiger partial charge in [-0.25, -0.2) is 4.39 Å². The summed E-state index contributed by atoms with van der Waals surface area (Å²) in [6, 6.07) is 7.92. The number of halogens is 4. The van der Waals surface area contributed by atoms with Crippen LogP contribution in [0.15, 0.2) is 42.5 Å². The third-order valence-electron chi connectivity index (χ3n) is 3.04. The molecule has 0 saturated carbocycles.